The maximum atomic E-state index is 12.2. The minimum Gasteiger partial charge on any atom is -0.446 e. The number of hydrogen-bond donors (Lipinski definition) is 3. The molecule has 1 heterocycles. The average molecular weight is 512 g/mol. The van der Waals surface area contributed by atoms with Crippen molar-refractivity contribution < 1.29 is 22.7 Å². The molecule has 0 atom stereocenters. The molecule has 3 N–H and O–H groups in total. The van der Waals surface area contributed by atoms with Gasteiger partial charge in [0.25, 0.3) is 10.0 Å². The van der Waals surface area contributed by atoms with Gasteiger partial charge in [0.15, 0.2) is 0 Å². The number of aromatic nitrogens is 1. The standard InChI is InChI=1S/C27H33N3O5S/c31-26(30-36(33,34)23-13-5-3-6-14-23)15-7-2-1-4-10-20-19-28-25-18-21(16-17-24(20)25)29-27(32)35-22-11-8-9-12-22/h3,5-6,13-14,16-19,22,28H,1-2,4,7-12,15H2,(H,29,32)(H,30,31). The molecule has 0 spiro atoms. The van der Waals surface area contributed by atoms with Gasteiger partial charge in [-0.15, -0.1) is 0 Å². The number of anilines is 1. The number of benzene rings is 2. The Bertz CT molecular complexity index is 1280. The molecule has 1 aliphatic carbocycles. The Labute approximate surface area is 211 Å². The second-order valence-electron chi connectivity index (χ2n) is 9.27. The minimum atomic E-state index is -3.81. The number of aryl methyl sites for hydroxylation is 1. The molecule has 0 aliphatic heterocycles. The van der Waals surface area contributed by atoms with Crippen LogP contribution in [0.5, 0.6) is 0 Å². The first-order chi connectivity index (χ1) is 17.4. The summed E-state index contributed by atoms with van der Waals surface area (Å²) in [5, 5.41) is 3.94. The van der Waals surface area contributed by atoms with Crippen LogP contribution in [0, 0.1) is 0 Å². The third-order valence-electron chi connectivity index (χ3n) is 6.49. The van der Waals surface area contributed by atoms with E-state index in [2.05, 4.69) is 15.0 Å². The zero-order chi connectivity index (χ0) is 25.4. The van der Waals surface area contributed by atoms with Crippen molar-refractivity contribution in [2.24, 2.45) is 0 Å². The van der Waals surface area contributed by atoms with Gasteiger partial charge in [0, 0.05) is 29.2 Å². The topological polar surface area (TPSA) is 117 Å². The lowest BCUT2D eigenvalue weighted by atomic mass is 10.0. The fourth-order valence-electron chi connectivity index (χ4n) is 4.59. The zero-order valence-electron chi connectivity index (χ0n) is 20.3. The van der Waals surface area contributed by atoms with Gasteiger partial charge in [-0.25, -0.2) is 17.9 Å². The zero-order valence-corrected chi connectivity index (χ0v) is 21.1. The minimum absolute atomic E-state index is 0.0301. The van der Waals surface area contributed by atoms with Crippen molar-refractivity contribution in [3.05, 3.63) is 60.3 Å². The number of sulfonamides is 1. The molecule has 8 nitrogen and oxygen atoms in total. The Balaban J connectivity index is 1.16. The summed E-state index contributed by atoms with van der Waals surface area (Å²) in [6.07, 6.45) is 10.2. The number of carbonyl (C=O) groups is 2. The number of ether oxygens (including phenoxy) is 1. The Hall–Kier alpha value is -3.33. The van der Waals surface area contributed by atoms with Gasteiger partial charge in [0.2, 0.25) is 5.91 Å². The van der Waals surface area contributed by atoms with E-state index in [0.717, 1.165) is 62.3 Å². The summed E-state index contributed by atoms with van der Waals surface area (Å²) in [5.41, 5.74) is 2.86. The van der Waals surface area contributed by atoms with E-state index in [0.29, 0.717) is 12.1 Å². The molecule has 9 heteroatoms. The maximum Gasteiger partial charge on any atom is 0.411 e. The summed E-state index contributed by atoms with van der Waals surface area (Å²) >= 11 is 0. The van der Waals surface area contributed by atoms with Gasteiger partial charge in [-0.2, -0.15) is 0 Å². The van der Waals surface area contributed by atoms with Gasteiger partial charge in [-0.1, -0.05) is 37.1 Å². The highest BCUT2D eigenvalue weighted by atomic mass is 32.2. The first-order valence-corrected chi connectivity index (χ1v) is 14.1. The van der Waals surface area contributed by atoms with Crippen molar-refractivity contribution in [2.75, 3.05) is 5.32 Å². The van der Waals surface area contributed by atoms with Crippen molar-refractivity contribution in [2.45, 2.75) is 75.2 Å². The molecular formula is C27H33N3O5S. The third-order valence-corrected chi connectivity index (χ3v) is 7.88. The molecule has 192 valence electrons. The second-order valence-corrected chi connectivity index (χ2v) is 10.9. The van der Waals surface area contributed by atoms with Gasteiger partial charge < -0.3 is 9.72 Å². The molecule has 3 aromatic rings. The normalized spacial score (nSPS) is 14.1. The molecule has 2 amide bonds. The van der Waals surface area contributed by atoms with Crippen LogP contribution in [0.15, 0.2) is 59.6 Å². The van der Waals surface area contributed by atoms with E-state index in [9.17, 15) is 18.0 Å². The van der Waals surface area contributed by atoms with Crippen LogP contribution in [-0.4, -0.2) is 31.5 Å². The van der Waals surface area contributed by atoms with Gasteiger partial charge in [0.05, 0.1) is 4.90 Å². The molecule has 0 bridgehead atoms. The number of carbonyl (C=O) groups excluding carboxylic acids is 2. The van der Waals surface area contributed by atoms with Gasteiger partial charge in [0.1, 0.15) is 6.10 Å². The number of aromatic amines is 1. The van der Waals surface area contributed by atoms with Crippen molar-refractivity contribution in [1.82, 2.24) is 9.71 Å². The van der Waals surface area contributed by atoms with Gasteiger partial charge in [-0.05, 0) is 74.8 Å². The number of hydrogen-bond acceptors (Lipinski definition) is 5. The lowest BCUT2D eigenvalue weighted by Gasteiger charge is -2.12. The van der Waals surface area contributed by atoms with E-state index < -0.39 is 22.0 Å². The van der Waals surface area contributed by atoms with Crippen LogP contribution in [-0.2, 0) is 26.0 Å². The number of rotatable bonds is 11. The Morgan fingerprint density at radius 3 is 2.50 bits per heavy atom. The van der Waals surface area contributed by atoms with Crippen LogP contribution < -0.4 is 10.0 Å². The summed E-state index contributed by atoms with van der Waals surface area (Å²) in [5.74, 6) is -0.480. The van der Waals surface area contributed by atoms with Gasteiger partial charge in [-0.3, -0.25) is 10.1 Å². The summed E-state index contributed by atoms with van der Waals surface area (Å²) in [7, 11) is -3.81. The van der Waals surface area contributed by atoms with Crippen LogP contribution in [0.1, 0.15) is 63.4 Å². The largest absolute Gasteiger partial charge is 0.446 e. The number of amides is 2. The van der Waals surface area contributed by atoms with Crippen molar-refractivity contribution >= 4 is 38.6 Å². The van der Waals surface area contributed by atoms with Crippen LogP contribution in [0.25, 0.3) is 10.9 Å². The lowest BCUT2D eigenvalue weighted by Crippen LogP contribution is -2.30. The third kappa shape index (κ3) is 7.10. The average Bonchev–Trinajstić information content (AvgIpc) is 3.51. The highest BCUT2D eigenvalue weighted by Crippen LogP contribution is 2.25. The summed E-state index contributed by atoms with van der Waals surface area (Å²) in [6.45, 7) is 0. The SMILES string of the molecule is O=C(CCCCCCc1c[nH]c2cc(NC(=O)OC3CCCC3)ccc12)NS(=O)(=O)c1ccccc1. The fourth-order valence-corrected chi connectivity index (χ4v) is 5.62. The number of nitrogens with one attached hydrogen (secondary N) is 3. The summed E-state index contributed by atoms with van der Waals surface area (Å²) in [4.78, 5) is 27.5. The quantitative estimate of drug-likeness (QED) is 0.287. The molecule has 2 aromatic carbocycles. The number of H-pyrrole nitrogens is 1. The van der Waals surface area contributed by atoms with Crippen LogP contribution in [0.4, 0.5) is 10.5 Å². The second kappa shape index (κ2) is 12.1. The van der Waals surface area contributed by atoms with Crippen molar-refractivity contribution in [3.8, 4) is 0 Å². The monoisotopic (exact) mass is 511 g/mol. The highest BCUT2D eigenvalue weighted by Gasteiger charge is 2.19. The van der Waals surface area contributed by atoms with E-state index >= 15 is 0 Å². The predicted molar refractivity (Wildman–Crippen MR) is 139 cm³/mol. The first-order valence-electron chi connectivity index (χ1n) is 12.6. The molecule has 0 unspecified atom stereocenters. The fraction of sp³-hybridized carbons (Fsp3) is 0.407. The van der Waals surface area contributed by atoms with Gasteiger partial charge >= 0.3 is 6.09 Å². The van der Waals surface area contributed by atoms with E-state index in [4.69, 9.17) is 4.74 Å². The molecule has 1 aromatic heterocycles. The number of unbranched alkanes of at least 4 members (excludes halogenated alkanes) is 3. The first kappa shape index (κ1) is 25.8. The van der Waals surface area contributed by atoms with Crippen LogP contribution >= 0.6 is 0 Å². The van der Waals surface area contributed by atoms with E-state index in [1.54, 1.807) is 18.2 Å². The van der Waals surface area contributed by atoms with Crippen LogP contribution in [0.3, 0.4) is 0 Å². The highest BCUT2D eigenvalue weighted by molar-refractivity contribution is 7.90. The maximum absolute atomic E-state index is 12.2. The van der Waals surface area contributed by atoms with E-state index in [1.807, 2.05) is 24.4 Å². The molecule has 1 fully saturated rings. The number of fused-ring (bicyclic) bond motifs is 1. The Morgan fingerprint density at radius 2 is 1.72 bits per heavy atom. The predicted octanol–water partition coefficient (Wildman–Crippen LogP) is 5.66. The Morgan fingerprint density at radius 1 is 0.972 bits per heavy atom. The molecule has 0 radical (unpaired) electrons. The van der Waals surface area contributed by atoms with Crippen molar-refractivity contribution in [3.63, 3.8) is 0 Å². The molecule has 1 saturated carbocycles. The molecular weight excluding hydrogens is 478 g/mol. The Kier molecular flexibility index (Phi) is 8.64. The smallest absolute Gasteiger partial charge is 0.411 e. The lowest BCUT2D eigenvalue weighted by molar-refractivity contribution is -0.119. The molecule has 0 saturated heterocycles. The van der Waals surface area contributed by atoms with Crippen LogP contribution in [0.2, 0.25) is 0 Å². The summed E-state index contributed by atoms with van der Waals surface area (Å²) < 4.78 is 32.0. The molecule has 36 heavy (non-hydrogen) atoms. The van der Waals surface area contributed by atoms with E-state index in [1.165, 1.54) is 17.7 Å². The molecule has 4 rings (SSSR count). The van der Waals surface area contributed by atoms with E-state index in [-0.39, 0.29) is 17.4 Å². The van der Waals surface area contributed by atoms with Crippen molar-refractivity contribution in [1.29, 1.82) is 0 Å². The molecule has 1 aliphatic rings. The summed E-state index contributed by atoms with van der Waals surface area (Å²) in [6, 6.07) is 13.7.